The second kappa shape index (κ2) is 11.1. The number of ether oxygens (including phenoxy) is 2. The summed E-state index contributed by atoms with van der Waals surface area (Å²) in [6.45, 7) is 2.21. The van der Waals surface area contributed by atoms with Crippen LogP contribution in [0.5, 0.6) is 0 Å². The number of hydrogen-bond donors (Lipinski definition) is 2. The molecule has 2 unspecified atom stereocenters. The molecule has 2 N–H and O–H groups in total. The number of nitrogens with zero attached hydrogens (tertiary/aromatic N) is 3. The fourth-order valence-corrected chi connectivity index (χ4v) is 4.66. The first-order chi connectivity index (χ1) is 16.2. The number of carboxylic acids is 1. The standard InChI is InChI=1S/C19H20N4O9S2/c1-3-13(26)31-9(2)32-19(29)11-4-5-34-18-15(17(28)23(11)18)21-16(27)14(10-7-33-8-20-10)22-30-6-12(24)25/h4,7-9,15,18H,3,5-6H2,1-2H3,(H,21,27)(H,24,25)/b22-14-/t9?,15?,18-/m1/s1. The molecule has 1 aromatic heterocycles. The maximum absolute atomic E-state index is 12.8. The van der Waals surface area contributed by atoms with Crippen LogP contribution in [-0.4, -0.2) is 80.5 Å². The molecule has 2 aliphatic heterocycles. The maximum Gasteiger partial charge on any atom is 0.357 e. The van der Waals surface area contributed by atoms with Crippen molar-refractivity contribution in [3.8, 4) is 0 Å². The topological polar surface area (TPSA) is 174 Å². The molecular weight excluding hydrogens is 492 g/mol. The third-order valence-corrected chi connectivity index (χ3v) is 6.21. The Balaban J connectivity index is 1.66. The minimum Gasteiger partial charge on any atom is -0.479 e. The minimum atomic E-state index is -1.28. The molecule has 0 saturated carbocycles. The van der Waals surface area contributed by atoms with Crippen molar-refractivity contribution in [2.45, 2.75) is 38.0 Å². The first-order valence-electron chi connectivity index (χ1n) is 9.89. The van der Waals surface area contributed by atoms with E-state index in [1.165, 1.54) is 51.9 Å². The SMILES string of the molecule is CCC(=O)OC(C)OC(=O)C1=CCS[C@@H]2C(NC(=O)/C(=N\OCC(=O)O)c3cscn3)C(=O)N12. The highest BCUT2D eigenvalue weighted by atomic mass is 32.2. The average Bonchev–Trinajstić information content (AvgIpc) is 3.33. The smallest absolute Gasteiger partial charge is 0.357 e. The summed E-state index contributed by atoms with van der Waals surface area (Å²) in [5, 5.41) is 15.7. The van der Waals surface area contributed by atoms with Crippen molar-refractivity contribution in [2.24, 2.45) is 5.16 Å². The number of esters is 2. The summed E-state index contributed by atoms with van der Waals surface area (Å²) in [6, 6.07) is -0.979. The van der Waals surface area contributed by atoms with Crippen molar-refractivity contribution < 1.29 is 43.4 Å². The number of carbonyl (C=O) groups excluding carboxylic acids is 4. The Morgan fingerprint density at radius 1 is 1.35 bits per heavy atom. The second-order valence-electron chi connectivity index (χ2n) is 6.77. The van der Waals surface area contributed by atoms with E-state index in [1.54, 1.807) is 6.92 Å². The maximum atomic E-state index is 12.8. The lowest BCUT2D eigenvalue weighted by Gasteiger charge is -2.48. The number of thiazole rings is 1. The number of rotatable bonds is 10. The molecule has 0 aromatic carbocycles. The summed E-state index contributed by atoms with van der Waals surface area (Å²) in [7, 11) is 0. The second-order valence-corrected chi connectivity index (χ2v) is 8.64. The summed E-state index contributed by atoms with van der Waals surface area (Å²) in [5.74, 6) is -3.66. The van der Waals surface area contributed by atoms with Gasteiger partial charge in [-0.15, -0.1) is 23.1 Å². The minimum absolute atomic E-state index is 0.0168. The van der Waals surface area contributed by atoms with Gasteiger partial charge in [-0.05, 0) is 6.08 Å². The molecule has 0 bridgehead atoms. The number of carboxylic acid groups (broad SMARTS) is 1. The monoisotopic (exact) mass is 512 g/mol. The molecule has 0 aliphatic carbocycles. The third kappa shape index (κ3) is 5.72. The van der Waals surface area contributed by atoms with Crippen molar-refractivity contribution in [1.82, 2.24) is 15.2 Å². The van der Waals surface area contributed by atoms with Crippen molar-refractivity contribution in [2.75, 3.05) is 12.4 Å². The van der Waals surface area contributed by atoms with Gasteiger partial charge in [-0.3, -0.25) is 19.3 Å². The lowest BCUT2D eigenvalue weighted by atomic mass is 10.0. The Morgan fingerprint density at radius 3 is 2.76 bits per heavy atom. The van der Waals surface area contributed by atoms with Crippen LogP contribution in [0.3, 0.4) is 0 Å². The van der Waals surface area contributed by atoms with Gasteiger partial charge in [0.25, 0.3) is 11.8 Å². The molecule has 0 radical (unpaired) electrons. The Bertz CT molecular complexity index is 1040. The zero-order valence-corrected chi connectivity index (χ0v) is 19.6. The Kier molecular flexibility index (Phi) is 8.22. The number of aromatic nitrogens is 1. The number of hydrogen-bond acceptors (Lipinski definition) is 12. The van der Waals surface area contributed by atoms with E-state index >= 15 is 0 Å². The number of amides is 2. The molecular formula is C19H20N4O9S2. The fraction of sp³-hybridized carbons (Fsp3) is 0.421. The largest absolute Gasteiger partial charge is 0.479 e. The van der Waals surface area contributed by atoms with Crippen molar-refractivity contribution >= 4 is 58.5 Å². The molecule has 1 fully saturated rings. The summed E-state index contributed by atoms with van der Waals surface area (Å²) >= 11 is 2.49. The van der Waals surface area contributed by atoms with Gasteiger partial charge in [0.1, 0.15) is 22.8 Å². The normalized spacial score (nSPS) is 20.3. The average molecular weight is 513 g/mol. The van der Waals surface area contributed by atoms with E-state index in [1.807, 2.05) is 0 Å². The molecule has 13 nitrogen and oxygen atoms in total. The Hall–Kier alpha value is -3.46. The van der Waals surface area contributed by atoms with Gasteiger partial charge in [0.2, 0.25) is 12.9 Å². The fourth-order valence-electron chi connectivity index (χ4n) is 2.93. The van der Waals surface area contributed by atoms with Crippen molar-refractivity contribution in [3.63, 3.8) is 0 Å². The number of oxime groups is 1. The number of thioether (sulfide) groups is 1. The van der Waals surface area contributed by atoms with Gasteiger partial charge in [0.15, 0.2) is 5.71 Å². The molecule has 3 heterocycles. The summed E-state index contributed by atoms with van der Waals surface area (Å²) in [5.41, 5.74) is 1.28. The van der Waals surface area contributed by atoms with Crippen LogP contribution in [0.25, 0.3) is 0 Å². The zero-order valence-electron chi connectivity index (χ0n) is 18.0. The van der Waals surface area contributed by atoms with Gasteiger partial charge in [0, 0.05) is 24.5 Å². The van der Waals surface area contributed by atoms with E-state index < -0.39 is 54.0 Å². The van der Waals surface area contributed by atoms with Crippen LogP contribution in [0.15, 0.2) is 27.8 Å². The molecule has 15 heteroatoms. The predicted molar refractivity (Wildman–Crippen MR) is 117 cm³/mol. The van der Waals surface area contributed by atoms with Crippen molar-refractivity contribution in [3.05, 3.63) is 28.4 Å². The van der Waals surface area contributed by atoms with Crippen LogP contribution in [0, 0.1) is 0 Å². The van der Waals surface area contributed by atoms with Gasteiger partial charge in [-0.1, -0.05) is 12.1 Å². The van der Waals surface area contributed by atoms with Gasteiger partial charge >= 0.3 is 17.9 Å². The van der Waals surface area contributed by atoms with Gasteiger partial charge in [-0.2, -0.15) is 0 Å². The van der Waals surface area contributed by atoms with E-state index in [4.69, 9.17) is 14.6 Å². The van der Waals surface area contributed by atoms with E-state index in [9.17, 15) is 24.0 Å². The Labute approximate surface area is 201 Å². The van der Waals surface area contributed by atoms with Crippen LogP contribution >= 0.6 is 23.1 Å². The summed E-state index contributed by atoms with van der Waals surface area (Å²) in [4.78, 5) is 69.9. The van der Waals surface area contributed by atoms with Gasteiger partial charge < -0.3 is 24.7 Å². The van der Waals surface area contributed by atoms with Crippen LogP contribution in [0.1, 0.15) is 26.0 Å². The van der Waals surface area contributed by atoms with E-state index in [0.717, 1.165) is 0 Å². The lowest BCUT2D eigenvalue weighted by Crippen LogP contribution is -2.70. The predicted octanol–water partition coefficient (Wildman–Crippen LogP) is 0.0746. The molecule has 182 valence electrons. The molecule has 1 aromatic rings. The van der Waals surface area contributed by atoms with Gasteiger partial charge in [0.05, 0.1) is 5.51 Å². The number of fused-ring (bicyclic) bond motifs is 1. The first kappa shape index (κ1) is 25.2. The van der Waals surface area contributed by atoms with Crippen LogP contribution in [0.2, 0.25) is 0 Å². The van der Waals surface area contributed by atoms with E-state index in [2.05, 4.69) is 20.3 Å². The van der Waals surface area contributed by atoms with Crippen molar-refractivity contribution in [1.29, 1.82) is 0 Å². The number of aliphatic carboxylic acids is 1. The molecule has 34 heavy (non-hydrogen) atoms. The number of carbonyl (C=O) groups is 5. The highest BCUT2D eigenvalue weighted by Gasteiger charge is 2.53. The van der Waals surface area contributed by atoms with Crippen LogP contribution < -0.4 is 5.32 Å². The van der Waals surface area contributed by atoms with E-state index in [0.29, 0.717) is 5.75 Å². The molecule has 2 amide bonds. The summed E-state index contributed by atoms with van der Waals surface area (Å²) < 4.78 is 10.0. The molecule has 0 spiro atoms. The molecule has 3 rings (SSSR count). The van der Waals surface area contributed by atoms with E-state index in [-0.39, 0.29) is 23.5 Å². The zero-order chi connectivity index (χ0) is 24.8. The molecule has 3 atom stereocenters. The molecule has 1 saturated heterocycles. The molecule has 2 aliphatic rings. The van der Waals surface area contributed by atoms with Gasteiger partial charge in [-0.25, -0.2) is 14.6 Å². The summed E-state index contributed by atoms with van der Waals surface area (Å²) in [6.07, 6.45) is 0.488. The van der Waals surface area contributed by atoms with Crippen LogP contribution in [0.4, 0.5) is 0 Å². The Morgan fingerprint density at radius 2 is 2.12 bits per heavy atom. The van der Waals surface area contributed by atoms with Crippen LogP contribution in [-0.2, 0) is 38.3 Å². The quantitative estimate of drug-likeness (QED) is 0.143. The number of β-lactam (4-membered cyclic amide) rings is 1. The lowest BCUT2D eigenvalue weighted by molar-refractivity contribution is -0.184. The highest BCUT2D eigenvalue weighted by Crippen LogP contribution is 2.38. The first-order valence-corrected chi connectivity index (χ1v) is 11.9. The number of nitrogens with one attached hydrogen (secondary N) is 1. The highest BCUT2D eigenvalue weighted by molar-refractivity contribution is 8.00. The third-order valence-electron chi connectivity index (χ3n) is 4.44.